The van der Waals surface area contributed by atoms with Crippen LogP contribution in [-0.2, 0) is 74.6 Å². The molecular weight excluding hydrogens is 797 g/mol. The molecule has 0 unspecified atom stereocenters. The average Bonchev–Trinajstić information content (AvgIpc) is 3.30. The zero-order valence-electron chi connectivity index (χ0n) is 37.0. The molecule has 0 saturated heterocycles. The van der Waals surface area contributed by atoms with Gasteiger partial charge in [0.15, 0.2) is 4.98 Å². The number of methoxy groups -OCH3 is 6. The van der Waals surface area contributed by atoms with Gasteiger partial charge in [0, 0.05) is 82.4 Å². The summed E-state index contributed by atoms with van der Waals surface area (Å²) in [4.78, 5) is 3.11. The summed E-state index contributed by atoms with van der Waals surface area (Å²) in [6.07, 6.45) is 0. The van der Waals surface area contributed by atoms with E-state index >= 15 is 0 Å². The molecule has 0 amide bonds. The van der Waals surface area contributed by atoms with Gasteiger partial charge in [-0.15, -0.1) is 0 Å². The zero-order chi connectivity index (χ0) is 45.5. The van der Waals surface area contributed by atoms with Crippen molar-refractivity contribution in [2.45, 2.75) is 46.2 Å². The van der Waals surface area contributed by atoms with Crippen molar-refractivity contribution in [3.63, 3.8) is 0 Å². The molecule has 0 aliphatic carbocycles. The van der Waals surface area contributed by atoms with Gasteiger partial charge in [0.1, 0.15) is 0 Å². The van der Waals surface area contributed by atoms with Gasteiger partial charge in [0.2, 0.25) is 5.39 Å². The van der Waals surface area contributed by atoms with E-state index < -0.39 is 0 Å². The summed E-state index contributed by atoms with van der Waals surface area (Å²) in [5.41, 5.74) is 22.7. The Hall–Kier alpha value is -6.70. The van der Waals surface area contributed by atoms with Crippen molar-refractivity contribution in [2.75, 3.05) is 54.1 Å². The van der Waals surface area contributed by atoms with Crippen LogP contribution in [0.1, 0.15) is 38.9 Å². The van der Waals surface area contributed by atoms with Crippen LogP contribution in [0.5, 0.6) is 0 Å². The number of azo groups is 2. The fourth-order valence-corrected chi connectivity index (χ4v) is 5.72. The van der Waals surface area contributed by atoms with Gasteiger partial charge >= 0.3 is 5.69 Å². The monoisotopic (exact) mass is 855 g/mol. The van der Waals surface area contributed by atoms with Crippen molar-refractivity contribution < 1.29 is 28.4 Å². The molecule has 0 spiro atoms. The molecule has 0 saturated carbocycles. The van der Waals surface area contributed by atoms with Crippen molar-refractivity contribution in [3.05, 3.63) is 183 Å². The average molecular weight is 856 g/mol. The molecule has 0 aromatic heterocycles. The van der Waals surface area contributed by atoms with Crippen molar-refractivity contribution in [3.8, 4) is 0 Å². The predicted octanol–water partition coefficient (Wildman–Crippen LogP) is 12.0. The Labute approximate surface area is 371 Å². The van der Waals surface area contributed by atoms with E-state index in [1.807, 2.05) is 133 Å². The van der Waals surface area contributed by atoms with E-state index in [9.17, 15) is 0 Å². The number of diazo groups is 1. The van der Waals surface area contributed by atoms with Crippen LogP contribution in [0.4, 0.5) is 34.1 Å². The molecule has 0 radical (unpaired) electrons. The topological polar surface area (TPSA) is 185 Å². The first-order chi connectivity index (χ1) is 30.8. The summed E-state index contributed by atoms with van der Waals surface area (Å²) in [6.45, 7) is 3.56. The highest BCUT2D eigenvalue weighted by Crippen LogP contribution is 2.29. The lowest BCUT2D eigenvalue weighted by atomic mass is 10.1. The van der Waals surface area contributed by atoms with Gasteiger partial charge in [0.05, 0.1) is 68.8 Å². The minimum Gasteiger partial charge on any atom is -0.398 e. The molecule has 6 aromatic carbocycles. The second kappa shape index (κ2) is 30.3. The Balaban J connectivity index is 0.000000274. The molecule has 0 aliphatic heterocycles. The fraction of sp³-hybridized carbons (Fsp3) is 0.265. The first kappa shape index (κ1) is 50.7. The minimum absolute atomic E-state index is 0.401. The van der Waals surface area contributed by atoms with Gasteiger partial charge in [-0.25, -0.2) is 0 Å². The summed E-state index contributed by atoms with van der Waals surface area (Å²) in [5.74, 6) is 0. The molecule has 330 valence electrons. The highest BCUT2D eigenvalue weighted by atomic mass is 16.5. The van der Waals surface area contributed by atoms with Gasteiger partial charge < -0.3 is 39.9 Å². The van der Waals surface area contributed by atoms with Crippen molar-refractivity contribution in [1.82, 2.24) is 0 Å². The van der Waals surface area contributed by atoms with E-state index in [0.29, 0.717) is 57.6 Å². The first-order valence-electron chi connectivity index (χ1n) is 19.9. The summed E-state index contributed by atoms with van der Waals surface area (Å²) in [6, 6.07) is 44.2. The van der Waals surface area contributed by atoms with E-state index in [0.717, 1.165) is 61.7 Å². The molecule has 4 N–H and O–H groups in total. The maximum absolute atomic E-state index is 8.51. The van der Waals surface area contributed by atoms with E-state index in [1.54, 1.807) is 48.7 Å². The van der Waals surface area contributed by atoms with Crippen LogP contribution in [0, 0.1) is 5.39 Å². The number of nitrogens with zero attached hydrogens (tertiary/aromatic N) is 6. The molecule has 0 aliphatic rings. The fourth-order valence-electron chi connectivity index (χ4n) is 5.72. The second-order valence-corrected chi connectivity index (χ2v) is 13.5. The number of nitrogen functional groups attached to an aromatic ring is 2. The maximum atomic E-state index is 8.51. The molecule has 6 rings (SSSR count). The third-order valence-electron chi connectivity index (χ3n) is 8.87. The number of para-hydroxylation sites is 2. The Morgan fingerprint density at radius 2 is 0.825 bits per heavy atom. The molecule has 14 heteroatoms. The van der Waals surface area contributed by atoms with Crippen molar-refractivity contribution in [1.29, 1.82) is 5.39 Å². The lowest BCUT2D eigenvalue weighted by Crippen LogP contribution is -1.94. The highest BCUT2D eigenvalue weighted by Gasteiger charge is 2.10. The van der Waals surface area contributed by atoms with Gasteiger partial charge in [-0.05, 0) is 53.6 Å². The predicted molar refractivity (Wildman–Crippen MR) is 249 cm³/mol. The van der Waals surface area contributed by atoms with Crippen LogP contribution < -0.4 is 11.5 Å². The van der Waals surface area contributed by atoms with Gasteiger partial charge in [-0.1, -0.05) is 91.0 Å². The van der Waals surface area contributed by atoms with Crippen molar-refractivity contribution in [2.24, 2.45) is 20.5 Å². The first-order valence-corrected chi connectivity index (χ1v) is 19.9. The van der Waals surface area contributed by atoms with Crippen LogP contribution in [0.2, 0.25) is 0 Å². The lowest BCUT2D eigenvalue weighted by Gasteiger charge is -2.07. The number of ether oxygens (including phenoxy) is 6. The third-order valence-corrected chi connectivity index (χ3v) is 8.87. The van der Waals surface area contributed by atoms with E-state index in [4.69, 9.17) is 45.3 Å². The zero-order valence-corrected chi connectivity index (χ0v) is 37.0. The second-order valence-electron chi connectivity index (χ2n) is 13.5. The molecular formula is C49H59N8O6+. The quantitative estimate of drug-likeness (QED) is 0.0511. The highest BCUT2D eigenvalue weighted by molar-refractivity contribution is 5.55. The molecule has 63 heavy (non-hydrogen) atoms. The molecule has 14 nitrogen and oxygen atoms in total. The molecule has 6 aromatic rings. The van der Waals surface area contributed by atoms with Crippen LogP contribution >= 0.6 is 0 Å². The van der Waals surface area contributed by atoms with Gasteiger partial charge in [-0.3, -0.25) is 0 Å². The summed E-state index contributed by atoms with van der Waals surface area (Å²) in [7, 11) is 9.92. The maximum Gasteiger partial charge on any atom is 0.390 e. The number of hydrogen-bond donors (Lipinski definition) is 2. The summed E-state index contributed by atoms with van der Waals surface area (Å²) < 4.78 is 30.6. The molecule has 0 fully saturated rings. The normalized spacial score (nSPS) is 10.6. The van der Waals surface area contributed by atoms with E-state index in [2.05, 4.69) is 25.4 Å². The summed E-state index contributed by atoms with van der Waals surface area (Å²) >= 11 is 0. The van der Waals surface area contributed by atoms with Gasteiger partial charge in [-0.2, -0.15) is 20.5 Å². The third kappa shape index (κ3) is 18.4. The molecule has 0 atom stereocenters. The molecule has 0 bridgehead atoms. The van der Waals surface area contributed by atoms with E-state index in [1.165, 1.54) is 0 Å². The number of hydrogen-bond acceptors (Lipinski definition) is 13. The van der Waals surface area contributed by atoms with Gasteiger partial charge in [0.25, 0.3) is 0 Å². The summed E-state index contributed by atoms with van der Waals surface area (Å²) in [5, 5.41) is 26.1. The smallest absolute Gasteiger partial charge is 0.390 e. The van der Waals surface area contributed by atoms with Crippen LogP contribution in [0.25, 0.3) is 4.98 Å². The van der Waals surface area contributed by atoms with E-state index in [-0.39, 0.29) is 0 Å². The van der Waals surface area contributed by atoms with Crippen LogP contribution in [0.3, 0.4) is 0 Å². The SMILES string of the molecule is COCc1ccccc1CN=Nc1ccc(N=Nc2ccccc2COC)cc1COC.COCc1ccccc1N.COCc1ccccc1N.COCc1ccccc1[N+]#N. The minimum atomic E-state index is 0.401. The number of benzene rings is 6. The number of nitrogens with two attached hydrogens (primary N) is 2. The number of rotatable bonds is 17. The Bertz CT molecular complexity index is 2290. The Morgan fingerprint density at radius 3 is 1.38 bits per heavy atom. The van der Waals surface area contributed by atoms with Crippen molar-refractivity contribution >= 4 is 34.1 Å². The Kier molecular flexibility index (Phi) is 24.4. The number of anilines is 2. The molecule has 0 heterocycles. The standard InChI is InChI=1S/C25H28N4O3.C8H9N2O.2C8H11NO/c1-30-16-20-9-5-4-8-19(20)15-26-28-25-13-12-23(14-22(25)18-32-3)27-29-24-11-7-6-10-21(24)17-31-2;1-11-6-7-4-2-3-5-8(7)10-9;2*1-10-6-7-4-2-3-5-8(7)9/h4-14H,15-18H2,1-3H3;2-5H,6H2,1H3;2*2-5H,6,9H2,1H3/q;+1;;. The van der Waals surface area contributed by atoms with Crippen LogP contribution in [0.15, 0.2) is 160 Å². The lowest BCUT2D eigenvalue weighted by molar-refractivity contribution is 0.184. The van der Waals surface area contributed by atoms with Crippen LogP contribution in [-0.4, -0.2) is 42.7 Å². The largest absolute Gasteiger partial charge is 0.398 e. The Morgan fingerprint density at radius 1 is 0.413 bits per heavy atom.